The van der Waals surface area contributed by atoms with Gasteiger partial charge in [0.1, 0.15) is 0 Å². The van der Waals surface area contributed by atoms with Crippen molar-refractivity contribution < 1.29 is 4.79 Å². The van der Waals surface area contributed by atoms with Crippen molar-refractivity contribution in [3.05, 3.63) is 35.4 Å². The lowest BCUT2D eigenvalue weighted by Gasteiger charge is -2.09. The summed E-state index contributed by atoms with van der Waals surface area (Å²) < 4.78 is 0. The largest absolute Gasteiger partial charge is 0.351 e. The summed E-state index contributed by atoms with van der Waals surface area (Å²) in [4.78, 5) is 11.8. The monoisotopic (exact) mass is 263 g/mol. The van der Waals surface area contributed by atoms with Crippen LogP contribution in [0, 0.1) is 6.92 Å². The normalized spacial score (nSPS) is 15.8. The number of thioether (sulfide) groups is 1. The molecule has 0 unspecified atom stereocenters. The van der Waals surface area contributed by atoms with E-state index >= 15 is 0 Å². The van der Waals surface area contributed by atoms with Crippen molar-refractivity contribution in [2.75, 3.05) is 12.3 Å². The van der Waals surface area contributed by atoms with E-state index in [1.165, 1.54) is 31.2 Å². The molecule has 0 spiro atoms. The number of carbonyl (C=O) groups is 1. The Hall–Kier alpha value is -0.960. The summed E-state index contributed by atoms with van der Waals surface area (Å²) in [5.74, 6) is 1.07. The number of rotatable bonds is 5. The van der Waals surface area contributed by atoms with Gasteiger partial charge in [0.2, 0.25) is 0 Å². The van der Waals surface area contributed by atoms with Crippen LogP contribution in [0.5, 0.6) is 0 Å². The Morgan fingerprint density at radius 3 is 2.61 bits per heavy atom. The van der Waals surface area contributed by atoms with E-state index in [1.54, 1.807) is 0 Å². The summed E-state index contributed by atoms with van der Waals surface area (Å²) in [6, 6.07) is 7.72. The molecule has 0 aliphatic heterocycles. The summed E-state index contributed by atoms with van der Waals surface area (Å²) in [5.41, 5.74) is 1.94. The van der Waals surface area contributed by atoms with Crippen LogP contribution in [0.25, 0.3) is 0 Å². The average molecular weight is 263 g/mol. The van der Waals surface area contributed by atoms with E-state index in [4.69, 9.17) is 0 Å². The Balaban J connectivity index is 1.66. The number of benzene rings is 1. The first-order valence-corrected chi connectivity index (χ1v) is 7.77. The number of aryl methyl sites for hydroxylation is 1. The molecule has 0 heterocycles. The molecule has 1 aliphatic carbocycles. The van der Waals surface area contributed by atoms with Crippen LogP contribution in [-0.4, -0.2) is 23.5 Å². The van der Waals surface area contributed by atoms with Crippen LogP contribution < -0.4 is 5.32 Å². The topological polar surface area (TPSA) is 29.1 Å². The van der Waals surface area contributed by atoms with Crippen LogP contribution in [-0.2, 0) is 0 Å². The van der Waals surface area contributed by atoms with E-state index < -0.39 is 0 Å². The highest BCUT2D eigenvalue weighted by atomic mass is 32.2. The molecule has 2 rings (SSSR count). The first-order valence-electron chi connectivity index (χ1n) is 6.72. The third-order valence-electron chi connectivity index (χ3n) is 3.36. The zero-order valence-electron chi connectivity index (χ0n) is 10.9. The molecular weight excluding hydrogens is 242 g/mol. The lowest BCUT2D eigenvalue weighted by molar-refractivity contribution is 0.0956. The fraction of sp³-hybridized carbons (Fsp3) is 0.533. The minimum absolute atomic E-state index is 0.0435. The van der Waals surface area contributed by atoms with Crippen molar-refractivity contribution in [1.29, 1.82) is 0 Å². The molecule has 1 amide bonds. The van der Waals surface area contributed by atoms with Crippen LogP contribution in [0.2, 0.25) is 0 Å². The van der Waals surface area contributed by atoms with Crippen LogP contribution in [0.3, 0.4) is 0 Å². The molecule has 1 aliphatic rings. The number of hydrogen-bond acceptors (Lipinski definition) is 2. The molecule has 0 atom stereocenters. The van der Waals surface area contributed by atoms with Gasteiger partial charge in [0, 0.05) is 23.1 Å². The summed E-state index contributed by atoms with van der Waals surface area (Å²) in [5, 5.41) is 3.82. The third kappa shape index (κ3) is 4.05. The molecule has 3 heteroatoms. The molecule has 2 nitrogen and oxygen atoms in total. The highest BCUT2D eigenvalue weighted by Gasteiger charge is 2.14. The fourth-order valence-electron chi connectivity index (χ4n) is 2.25. The maximum atomic E-state index is 11.8. The van der Waals surface area contributed by atoms with E-state index in [1.807, 2.05) is 43.0 Å². The summed E-state index contributed by atoms with van der Waals surface area (Å²) in [7, 11) is 0. The molecule has 1 aromatic rings. The van der Waals surface area contributed by atoms with E-state index in [9.17, 15) is 4.79 Å². The second-order valence-electron chi connectivity index (χ2n) is 4.90. The van der Waals surface area contributed by atoms with Crippen LogP contribution in [0.15, 0.2) is 24.3 Å². The van der Waals surface area contributed by atoms with Crippen molar-refractivity contribution in [1.82, 2.24) is 5.32 Å². The Labute approximate surface area is 114 Å². The quantitative estimate of drug-likeness (QED) is 0.825. The maximum Gasteiger partial charge on any atom is 0.251 e. The van der Waals surface area contributed by atoms with Crippen LogP contribution >= 0.6 is 11.8 Å². The minimum atomic E-state index is 0.0435. The van der Waals surface area contributed by atoms with Crippen LogP contribution in [0.4, 0.5) is 0 Å². The SMILES string of the molecule is Cc1ccc(C(=O)NCCSC2CCCC2)cc1. The fourth-order valence-corrected chi connectivity index (χ4v) is 3.47. The molecule has 98 valence electrons. The molecule has 0 bridgehead atoms. The van der Waals surface area contributed by atoms with E-state index in [2.05, 4.69) is 5.32 Å². The number of nitrogens with one attached hydrogen (secondary N) is 1. The van der Waals surface area contributed by atoms with Gasteiger partial charge in [0.05, 0.1) is 0 Å². The Kier molecular flexibility index (Phi) is 5.12. The van der Waals surface area contributed by atoms with Gasteiger partial charge in [-0.3, -0.25) is 4.79 Å². The zero-order chi connectivity index (χ0) is 12.8. The molecule has 1 aromatic carbocycles. The molecule has 0 saturated heterocycles. The maximum absolute atomic E-state index is 11.8. The van der Waals surface area contributed by atoms with Gasteiger partial charge in [-0.25, -0.2) is 0 Å². The highest BCUT2D eigenvalue weighted by Crippen LogP contribution is 2.28. The summed E-state index contributed by atoms with van der Waals surface area (Å²) >= 11 is 2.01. The van der Waals surface area contributed by atoms with Gasteiger partial charge in [-0.05, 0) is 31.9 Å². The Morgan fingerprint density at radius 2 is 1.94 bits per heavy atom. The lowest BCUT2D eigenvalue weighted by Crippen LogP contribution is -2.26. The zero-order valence-corrected chi connectivity index (χ0v) is 11.8. The molecule has 0 aromatic heterocycles. The van der Waals surface area contributed by atoms with Gasteiger partial charge in [0.25, 0.3) is 5.91 Å². The number of carbonyl (C=O) groups excluding carboxylic acids is 1. The van der Waals surface area contributed by atoms with Gasteiger partial charge in [0.15, 0.2) is 0 Å². The average Bonchev–Trinajstić information content (AvgIpc) is 2.88. The van der Waals surface area contributed by atoms with E-state index in [0.29, 0.717) is 0 Å². The smallest absolute Gasteiger partial charge is 0.251 e. The van der Waals surface area contributed by atoms with E-state index in [-0.39, 0.29) is 5.91 Å². The standard InChI is InChI=1S/C15H21NOS/c1-12-6-8-13(9-7-12)15(17)16-10-11-18-14-4-2-3-5-14/h6-9,14H,2-5,10-11H2,1H3,(H,16,17). The number of amides is 1. The molecule has 0 radical (unpaired) electrons. The van der Waals surface area contributed by atoms with Crippen LogP contribution in [0.1, 0.15) is 41.6 Å². The Morgan fingerprint density at radius 1 is 1.28 bits per heavy atom. The van der Waals surface area contributed by atoms with Crippen molar-refractivity contribution in [2.45, 2.75) is 37.9 Å². The predicted molar refractivity (Wildman–Crippen MR) is 78.2 cm³/mol. The second-order valence-corrected chi connectivity index (χ2v) is 6.31. The summed E-state index contributed by atoms with van der Waals surface area (Å²) in [6.45, 7) is 2.80. The molecule has 1 N–H and O–H groups in total. The van der Waals surface area contributed by atoms with Crippen molar-refractivity contribution >= 4 is 17.7 Å². The van der Waals surface area contributed by atoms with Crippen molar-refractivity contribution in [3.8, 4) is 0 Å². The number of hydrogen-bond donors (Lipinski definition) is 1. The molecule has 18 heavy (non-hydrogen) atoms. The van der Waals surface area contributed by atoms with Gasteiger partial charge < -0.3 is 5.32 Å². The van der Waals surface area contributed by atoms with Crippen molar-refractivity contribution in [2.24, 2.45) is 0 Å². The van der Waals surface area contributed by atoms with Gasteiger partial charge in [-0.1, -0.05) is 30.5 Å². The first kappa shape index (κ1) is 13.5. The van der Waals surface area contributed by atoms with Gasteiger partial charge in [-0.15, -0.1) is 0 Å². The second kappa shape index (κ2) is 6.83. The molecular formula is C15H21NOS. The summed E-state index contributed by atoms with van der Waals surface area (Å²) in [6.07, 6.45) is 5.48. The molecule has 1 fully saturated rings. The third-order valence-corrected chi connectivity index (χ3v) is 4.74. The van der Waals surface area contributed by atoms with Gasteiger partial charge >= 0.3 is 0 Å². The minimum Gasteiger partial charge on any atom is -0.351 e. The lowest BCUT2D eigenvalue weighted by atomic mass is 10.1. The van der Waals surface area contributed by atoms with Gasteiger partial charge in [-0.2, -0.15) is 11.8 Å². The van der Waals surface area contributed by atoms with Crippen molar-refractivity contribution in [3.63, 3.8) is 0 Å². The predicted octanol–water partition coefficient (Wildman–Crippen LogP) is 3.40. The molecule has 1 saturated carbocycles. The highest BCUT2D eigenvalue weighted by molar-refractivity contribution is 7.99. The Bertz CT molecular complexity index is 382. The van der Waals surface area contributed by atoms with E-state index in [0.717, 1.165) is 23.1 Å². The first-order chi connectivity index (χ1) is 8.75.